The summed E-state index contributed by atoms with van der Waals surface area (Å²) in [6.45, 7) is 5.97. The van der Waals surface area contributed by atoms with Crippen LogP contribution in [0.5, 0.6) is 11.5 Å². The molecular formula is C14H20O4. The van der Waals surface area contributed by atoms with E-state index in [0.29, 0.717) is 17.7 Å². The van der Waals surface area contributed by atoms with Crippen molar-refractivity contribution in [3.8, 4) is 11.5 Å². The van der Waals surface area contributed by atoms with Crippen LogP contribution >= 0.6 is 0 Å². The summed E-state index contributed by atoms with van der Waals surface area (Å²) in [5.74, 6) is -0.0720. The fourth-order valence-corrected chi connectivity index (χ4v) is 1.79. The summed E-state index contributed by atoms with van der Waals surface area (Å²) >= 11 is 0. The molecule has 0 aliphatic rings. The lowest BCUT2D eigenvalue weighted by molar-refractivity contribution is -0.136. The second-order valence-corrected chi connectivity index (χ2v) is 5.33. The Kier molecular flexibility index (Phi) is 4.22. The van der Waals surface area contributed by atoms with Gasteiger partial charge in [-0.25, -0.2) is 0 Å². The molecule has 0 saturated carbocycles. The van der Waals surface area contributed by atoms with Crippen LogP contribution in [0.2, 0.25) is 0 Å². The standard InChI is InChI=1S/C14H20O4/c1-14(2,3)11-8-10(18-4)7-9(13(11)17)5-6-12(15)16/h7-8,17H,5-6H2,1-4H3,(H,15,16). The summed E-state index contributed by atoms with van der Waals surface area (Å²) in [4.78, 5) is 10.6. The number of phenolic OH excluding ortho intramolecular Hbond substituents is 1. The van der Waals surface area contributed by atoms with E-state index in [-0.39, 0.29) is 17.6 Å². The van der Waals surface area contributed by atoms with Crippen molar-refractivity contribution in [3.05, 3.63) is 23.3 Å². The summed E-state index contributed by atoms with van der Waals surface area (Å²) in [5, 5.41) is 18.9. The van der Waals surface area contributed by atoms with E-state index in [2.05, 4.69) is 0 Å². The lowest BCUT2D eigenvalue weighted by atomic mass is 9.84. The third-order valence-electron chi connectivity index (χ3n) is 2.81. The number of carboxylic acid groups (broad SMARTS) is 1. The van der Waals surface area contributed by atoms with Crippen LogP contribution in [0.15, 0.2) is 12.1 Å². The number of aryl methyl sites for hydroxylation is 1. The van der Waals surface area contributed by atoms with Crippen molar-refractivity contribution >= 4 is 5.97 Å². The number of phenols is 1. The van der Waals surface area contributed by atoms with E-state index in [4.69, 9.17) is 9.84 Å². The van der Waals surface area contributed by atoms with E-state index in [1.165, 1.54) is 0 Å². The minimum Gasteiger partial charge on any atom is -0.507 e. The van der Waals surface area contributed by atoms with E-state index >= 15 is 0 Å². The Bertz CT molecular complexity index is 444. The molecule has 0 aliphatic carbocycles. The molecule has 1 aromatic carbocycles. The second-order valence-electron chi connectivity index (χ2n) is 5.33. The SMILES string of the molecule is COc1cc(CCC(=O)O)c(O)c(C(C)(C)C)c1. The zero-order valence-corrected chi connectivity index (χ0v) is 11.3. The molecule has 100 valence electrons. The third kappa shape index (κ3) is 3.39. The maximum absolute atomic E-state index is 10.6. The summed E-state index contributed by atoms with van der Waals surface area (Å²) in [5.41, 5.74) is 1.15. The van der Waals surface area contributed by atoms with Crippen molar-refractivity contribution in [1.29, 1.82) is 0 Å². The van der Waals surface area contributed by atoms with Gasteiger partial charge in [-0.3, -0.25) is 4.79 Å². The van der Waals surface area contributed by atoms with Gasteiger partial charge in [-0.1, -0.05) is 20.8 Å². The molecule has 2 N–H and O–H groups in total. The predicted octanol–water partition coefficient (Wildman–Crippen LogP) is 2.72. The van der Waals surface area contributed by atoms with Gasteiger partial charge in [0.25, 0.3) is 0 Å². The summed E-state index contributed by atoms with van der Waals surface area (Å²) in [6.07, 6.45) is 0.283. The molecule has 0 unspecified atom stereocenters. The van der Waals surface area contributed by atoms with Crippen molar-refractivity contribution in [2.75, 3.05) is 7.11 Å². The van der Waals surface area contributed by atoms with Gasteiger partial charge in [-0.05, 0) is 29.5 Å². The summed E-state index contributed by atoms with van der Waals surface area (Å²) in [6, 6.07) is 3.48. The molecule has 4 heteroatoms. The van der Waals surface area contributed by atoms with Crippen molar-refractivity contribution < 1.29 is 19.7 Å². The first kappa shape index (κ1) is 14.4. The van der Waals surface area contributed by atoms with Crippen molar-refractivity contribution in [1.82, 2.24) is 0 Å². The minimum atomic E-state index is -0.880. The Morgan fingerprint density at radius 2 is 1.94 bits per heavy atom. The first-order valence-corrected chi connectivity index (χ1v) is 5.88. The molecule has 0 fully saturated rings. The predicted molar refractivity (Wildman–Crippen MR) is 69.3 cm³/mol. The van der Waals surface area contributed by atoms with Gasteiger partial charge in [-0.15, -0.1) is 0 Å². The average Bonchev–Trinajstić information content (AvgIpc) is 2.26. The number of rotatable bonds is 4. The zero-order chi connectivity index (χ0) is 13.9. The quantitative estimate of drug-likeness (QED) is 0.864. The molecular weight excluding hydrogens is 232 g/mol. The number of carboxylic acids is 1. The Labute approximate surface area is 107 Å². The van der Waals surface area contributed by atoms with Crippen LogP contribution in [0.3, 0.4) is 0 Å². The first-order valence-electron chi connectivity index (χ1n) is 5.88. The van der Waals surface area contributed by atoms with E-state index in [0.717, 1.165) is 5.56 Å². The average molecular weight is 252 g/mol. The fourth-order valence-electron chi connectivity index (χ4n) is 1.79. The highest BCUT2D eigenvalue weighted by Crippen LogP contribution is 2.37. The maximum Gasteiger partial charge on any atom is 0.303 e. The monoisotopic (exact) mass is 252 g/mol. The van der Waals surface area contributed by atoms with Gasteiger partial charge in [0.15, 0.2) is 0 Å². The van der Waals surface area contributed by atoms with E-state index < -0.39 is 5.97 Å². The molecule has 0 aromatic heterocycles. The highest BCUT2D eigenvalue weighted by molar-refractivity contribution is 5.67. The molecule has 1 aromatic rings. The Morgan fingerprint density at radius 1 is 1.33 bits per heavy atom. The summed E-state index contributed by atoms with van der Waals surface area (Å²) < 4.78 is 5.19. The number of aromatic hydroxyl groups is 1. The Morgan fingerprint density at radius 3 is 2.39 bits per heavy atom. The Hall–Kier alpha value is -1.71. The van der Waals surface area contributed by atoms with Crippen LogP contribution in [0.25, 0.3) is 0 Å². The van der Waals surface area contributed by atoms with Gasteiger partial charge in [-0.2, -0.15) is 0 Å². The maximum atomic E-state index is 10.6. The molecule has 0 heterocycles. The number of aliphatic carboxylic acids is 1. The molecule has 0 bridgehead atoms. The number of carbonyl (C=O) groups is 1. The van der Waals surface area contributed by atoms with Gasteiger partial charge < -0.3 is 14.9 Å². The lowest BCUT2D eigenvalue weighted by Crippen LogP contribution is -2.12. The number of ether oxygens (including phenoxy) is 1. The number of hydrogen-bond donors (Lipinski definition) is 2. The highest BCUT2D eigenvalue weighted by Gasteiger charge is 2.21. The van der Waals surface area contributed by atoms with Crippen molar-refractivity contribution in [2.24, 2.45) is 0 Å². The van der Waals surface area contributed by atoms with Crippen LogP contribution in [0.4, 0.5) is 0 Å². The van der Waals surface area contributed by atoms with Gasteiger partial charge in [0.1, 0.15) is 11.5 Å². The van der Waals surface area contributed by atoms with Crippen molar-refractivity contribution in [3.63, 3.8) is 0 Å². The van der Waals surface area contributed by atoms with Gasteiger partial charge in [0, 0.05) is 12.0 Å². The van der Waals surface area contributed by atoms with Gasteiger partial charge in [0.2, 0.25) is 0 Å². The number of methoxy groups -OCH3 is 1. The fraction of sp³-hybridized carbons (Fsp3) is 0.500. The first-order chi connectivity index (χ1) is 8.25. The van der Waals surface area contributed by atoms with Crippen molar-refractivity contribution in [2.45, 2.75) is 39.0 Å². The number of benzene rings is 1. The number of hydrogen-bond acceptors (Lipinski definition) is 3. The zero-order valence-electron chi connectivity index (χ0n) is 11.3. The molecule has 0 aliphatic heterocycles. The molecule has 0 spiro atoms. The Balaban J connectivity index is 3.21. The van der Waals surface area contributed by atoms with Crippen LogP contribution in [-0.2, 0) is 16.6 Å². The normalized spacial score (nSPS) is 11.3. The molecule has 0 radical (unpaired) electrons. The topological polar surface area (TPSA) is 66.8 Å². The molecule has 0 atom stereocenters. The van der Waals surface area contributed by atoms with Crippen LogP contribution in [0, 0.1) is 0 Å². The van der Waals surface area contributed by atoms with E-state index in [1.54, 1.807) is 19.2 Å². The second kappa shape index (κ2) is 5.29. The smallest absolute Gasteiger partial charge is 0.303 e. The van der Waals surface area contributed by atoms with E-state index in [1.807, 2.05) is 20.8 Å². The molecule has 0 saturated heterocycles. The van der Waals surface area contributed by atoms with Crippen LogP contribution in [-0.4, -0.2) is 23.3 Å². The largest absolute Gasteiger partial charge is 0.507 e. The van der Waals surface area contributed by atoms with E-state index in [9.17, 15) is 9.90 Å². The third-order valence-corrected chi connectivity index (χ3v) is 2.81. The molecule has 1 rings (SSSR count). The van der Waals surface area contributed by atoms with Crippen LogP contribution < -0.4 is 4.74 Å². The summed E-state index contributed by atoms with van der Waals surface area (Å²) in [7, 11) is 1.56. The molecule has 18 heavy (non-hydrogen) atoms. The van der Waals surface area contributed by atoms with Crippen LogP contribution in [0.1, 0.15) is 38.3 Å². The lowest BCUT2D eigenvalue weighted by Gasteiger charge is -2.23. The molecule has 0 amide bonds. The van der Waals surface area contributed by atoms with Gasteiger partial charge >= 0.3 is 5.97 Å². The highest BCUT2D eigenvalue weighted by atomic mass is 16.5. The van der Waals surface area contributed by atoms with Gasteiger partial charge in [0.05, 0.1) is 7.11 Å². The minimum absolute atomic E-state index is 0.00961. The molecule has 4 nitrogen and oxygen atoms in total.